The lowest BCUT2D eigenvalue weighted by atomic mass is 10.2. The first kappa shape index (κ1) is 15.9. The van der Waals surface area contributed by atoms with Crippen molar-refractivity contribution in [1.29, 1.82) is 0 Å². The van der Waals surface area contributed by atoms with Crippen molar-refractivity contribution in [3.8, 4) is 0 Å². The monoisotopic (exact) mass is 344 g/mol. The molecule has 2 aromatic rings. The number of nitrogens with zero attached hydrogens (tertiary/aromatic N) is 1. The van der Waals surface area contributed by atoms with E-state index in [2.05, 4.69) is 10.3 Å². The molecule has 1 amide bonds. The highest BCUT2D eigenvalue weighted by atomic mass is 35.5. The highest BCUT2D eigenvalue weighted by molar-refractivity contribution is 7.16. The average Bonchev–Trinajstić information content (AvgIpc) is 3.05. The van der Waals surface area contributed by atoms with E-state index in [1.54, 1.807) is 0 Å². The molecule has 0 saturated carbocycles. The molecule has 0 aromatic carbocycles. The van der Waals surface area contributed by atoms with Crippen LogP contribution in [0.1, 0.15) is 26.8 Å². The lowest BCUT2D eigenvalue weighted by Crippen LogP contribution is -2.25. The number of rotatable bonds is 7. The van der Waals surface area contributed by atoms with Gasteiger partial charge in [0, 0.05) is 29.6 Å². The Morgan fingerprint density at radius 3 is 2.76 bits per heavy atom. The van der Waals surface area contributed by atoms with Crippen LogP contribution in [-0.4, -0.2) is 28.5 Å². The molecular weight excluding hydrogens is 332 g/mol. The van der Waals surface area contributed by atoms with Gasteiger partial charge in [-0.15, -0.1) is 22.7 Å². The summed E-state index contributed by atoms with van der Waals surface area (Å²) in [5, 5.41) is 13.8. The Kier molecular flexibility index (Phi) is 5.72. The third-order valence-corrected chi connectivity index (χ3v) is 4.86. The maximum absolute atomic E-state index is 11.7. The van der Waals surface area contributed by atoms with Crippen LogP contribution in [-0.2, 0) is 17.6 Å². The predicted octanol–water partition coefficient (Wildman–Crippen LogP) is 2.85. The number of amides is 1. The topological polar surface area (TPSA) is 79.3 Å². The lowest BCUT2D eigenvalue weighted by Gasteiger charge is -2.02. The van der Waals surface area contributed by atoms with E-state index in [4.69, 9.17) is 16.7 Å². The standard InChI is InChI=1S/C13H13ClN2O3S2/c14-10-3-1-8(21-10)2-4-11(17)15-6-5-12-16-9(7-20-12)13(18)19/h1,3,7H,2,4-6H2,(H,15,17)(H,18,19). The first-order chi connectivity index (χ1) is 10.0. The molecule has 0 saturated heterocycles. The van der Waals surface area contributed by atoms with Crippen molar-refractivity contribution in [2.24, 2.45) is 0 Å². The summed E-state index contributed by atoms with van der Waals surface area (Å²) < 4.78 is 0.725. The van der Waals surface area contributed by atoms with Crippen LogP contribution in [0.4, 0.5) is 0 Å². The summed E-state index contributed by atoms with van der Waals surface area (Å²) in [6, 6.07) is 3.74. The molecule has 2 aromatic heterocycles. The maximum atomic E-state index is 11.7. The number of carbonyl (C=O) groups is 2. The van der Waals surface area contributed by atoms with Gasteiger partial charge in [0.25, 0.3) is 0 Å². The van der Waals surface area contributed by atoms with Crippen LogP contribution in [0.3, 0.4) is 0 Å². The van der Waals surface area contributed by atoms with E-state index in [0.717, 1.165) is 9.21 Å². The number of thiazole rings is 1. The average molecular weight is 345 g/mol. The van der Waals surface area contributed by atoms with E-state index in [0.29, 0.717) is 30.8 Å². The van der Waals surface area contributed by atoms with E-state index in [1.807, 2.05) is 12.1 Å². The second-order valence-electron chi connectivity index (χ2n) is 4.24. The smallest absolute Gasteiger partial charge is 0.355 e. The van der Waals surface area contributed by atoms with Crippen molar-refractivity contribution >= 4 is 46.2 Å². The van der Waals surface area contributed by atoms with Crippen LogP contribution in [0.5, 0.6) is 0 Å². The van der Waals surface area contributed by atoms with E-state index in [1.165, 1.54) is 28.1 Å². The number of aryl methyl sites for hydroxylation is 1. The summed E-state index contributed by atoms with van der Waals surface area (Å²) in [5.74, 6) is -1.06. The number of aromatic nitrogens is 1. The first-order valence-corrected chi connectivity index (χ1v) is 8.30. The van der Waals surface area contributed by atoms with Gasteiger partial charge in [-0.2, -0.15) is 0 Å². The van der Waals surface area contributed by atoms with Crippen molar-refractivity contribution < 1.29 is 14.7 Å². The van der Waals surface area contributed by atoms with Gasteiger partial charge in [-0.25, -0.2) is 9.78 Å². The number of thiophene rings is 1. The van der Waals surface area contributed by atoms with Crippen molar-refractivity contribution in [2.75, 3.05) is 6.54 Å². The van der Waals surface area contributed by atoms with E-state index >= 15 is 0 Å². The van der Waals surface area contributed by atoms with Crippen LogP contribution < -0.4 is 5.32 Å². The van der Waals surface area contributed by atoms with Gasteiger partial charge in [0.1, 0.15) is 0 Å². The fraction of sp³-hybridized carbons (Fsp3) is 0.308. The Morgan fingerprint density at radius 1 is 1.33 bits per heavy atom. The fourth-order valence-corrected chi connectivity index (χ4v) is 3.50. The molecule has 0 aliphatic rings. The SMILES string of the molecule is O=C(CCc1ccc(Cl)s1)NCCc1nc(C(=O)O)cs1. The predicted molar refractivity (Wildman–Crippen MR) is 83.4 cm³/mol. The molecule has 2 N–H and O–H groups in total. The largest absolute Gasteiger partial charge is 0.476 e. The minimum atomic E-state index is -1.03. The van der Waals surface area contributed by atoms with E-state index in [9.17, 15) is 9.59 Å². The third-order valence-electron chi connectivity index (χ3n) is 2.66. The van der Waals surface area contributed by atoms with Crippen LogP contribution in [0.2, 0.25) is 4.34 Å². The minimum absolute atomic E-state index is 0.0328. The molecule has 0 spiro atoms. The van der Waals surface area contributed by atoms with E-state index < -0.39 is 5.97 Å². The Morgan fingerprint density at radius 2 is 2.14 bits per heavy atom. The number of carboxylic acid groups (broad SMARTS) is 1. The number of halogens is 1. The van der Waals surface area contributed by atoms with Gasteiger partial charge in [0.2, 0.25) is 5.91 Å². The summed E-state index contributed by atoms with van der Waals surface area (Å²) in [6.45, 7) is 0.455. The van der Waals surface area contributed by atoms with Crippen molar-refractivity contribution in [3.05, 3.63) is 37.4 Å². The molecule has 0 atom stereocenters. The van der Waals surface area contributed by atoms with Crippen molar-refractivity contribution in [1.82, 2.24) is 10.3 Å². The summed E-state index contributed by atoms with van der Waals surface area (Å²) in [4.78, 5) is 27.4. The number of hydrogen-bond acceptors (Lipinski definition) is 5. The molecule has 2 rings (SSSR count). The van der Waals surface area contributed by atoms with Gasteiger partial charge >= 0.3 is 5.97 Å². The molecule has 0 radical (unpaired) electrons. The van der Waals surface area contributed by atoms with Crippen molar-refractivity contribution in [3.63, 3.8) is 0 Å². The third kappa shape index (κ3) is 5.11. The zero-order valence-corrected chi connectivity index (χ0v) is 13.4. The molecule has 8 heteroatoms. The highest BCUT2D eigenvalue weighted by Crippen LogP contribution is 2.22. The summed E-state index contributed by atoms with van der Waals surface area (Å²) in [7, 11) is 0. The quantitative estimate of drug-likeness (QED) is 0.809. The number of nitrogens with one attached hydrogen (secondary N) is 1. The van der Waals surface area contributed by atoms with Crippen LogP contribution >= 0.6 is 34.3 Å². The van der Waals surface area contributed by atoms with Gasteiger partial charge in [0.15, 0.2) is 5.69 Å². The Balaban J connectivity index is 1.67. The highest BCUT2D eigenvalue weighted by Gasteiger charge is 2.09. The van der Waals surface area contributed by atoms with Gasteiger partial charge in [-0.3, -0.25) is 4.79 Å². The van der Waals surface area contributed by atoms with Gasteiger partial charge < -0.3 is 10.4 Å². The van der Waals surface area contributed by atoms with E-state index in [-0.39, 0.29) is 11.6 Å². The number of carboxylic acids is 1. The molecule has 0 unspecified atom stereocenters. The van der Waals surface area contributed by atoms with Crippen LogP contribution in [0, 0.1) is 0 Å². The number of carbonyl (C=O) groups excluding carboxylic acids is 1. The maximum Gasteiger partial charge on any atom is 0.355 e. The lowest BCUT2D eigenvalue weighted by molar-refractivity contribution is -0.121. The second kappa shape index (κ2) is 7.53. The van der Waals surface area contributed by atoms with Gasteiger partial charge in [-0.05, 0) is 18.6 Å². The normalized spacial score (nSPS) is 10.5. The summed E-state index contributed by atoms with van der Waals surface area (Å²) in [5.41, 5.74) is 0.0518. The first-order valence-electron chi connectivity index (χ1n) is 6.23. The Bertz CT molecular complexity index is 639. The number of aromatic carboxylic acids is 1. The van der Waals surface area contributed by atoms with Crippen molar-refractivity contribution in [2.45, 2.75) is 19.3 Å². The molecular formula is C13H13ClN2O3S2. The summed E-state index contributed by atoms with van der Waals surface area (Å²) >= 11 is 8.59. The molecule has 0 aliphatic carbocycles. The molecule has 2 heterocycles. The zero-order chi connectivity index (χ0) is 15.2. The summed E-state index contributed by atoms with van der Waals surface area (Å²) in [6.07, 6.45) is 1.62. The minimum Gasteiger partial charge on any atom is -0.476 e. The van der Waals surface area contributed by atoms with Crippen LogP contribution in [0.25, 0.3) is 0 Å². The Labute approximate surface area is 134 Å². The number of hydrogen-bond donors (Lipinski definition) is 2. The van der Waals surface area contributed by atoms with Gasteiger partial charge in [-0.1, -0.05) is 11.6 Å². The molecule has 112 valence electrons. The molecule has 5 nitrogen and oxygen atoms in total. The zero-order valence-electron chi connectivity index (χ0n) is 11.0. The molecule has 21 heavy (non-hydrogen) atoms. The molecule has 0 fully saturated rings. The second-order valence-corrected chi connectivity index (χ2v) is 6.98. The molecule has 0 aliphatic heterocycles. The van der Waals surface area contributed by atoms with Gasteiger partial charge in [0.05, 0.1) is 9.34 Å². The Hall–Kier alpha value is -1.44. The molecule has 0 bridgehead atoms. The fourth-order valence-electron chi connectivity index (χ4n) is 1.64. The van der Waals surface area contributed by atoms with Crippen LogP contribution in [0.15, 0.2) is 17.5 Å².